The zero-order valence-corrected chi connectivity index (χ0v) is 15.5. The number of hydrogen-bond acceptors (Lipinski definition) is 4. The first-order valence-electron chi connectivity index (χ1n) is 9.02. The molecule has 0 spiro atoms. The summed E-state index contributed by atoms with van der Waals surface area (Å²) in [6, 6.07) is 26.4. The average Bonchev–Trinajstić information content (AvgIpc) is 2.79. The molecule has 0 aliphatic carbocycles. The van der Waals surface area contributed by atoms with E-state index >= 15 is 0 Å². The van der Waals surface area contributed by atoms with Gasteiger partial charge in [0.1, 0.15) is 0 Å². The van der Waals surface area contributed by atoms with Crippen molar-refractivity contribution < 1.29 is 9.90 Å². The fourth-order valence-corrected chi connectivity index (χ4v) is 2.88. The van der Waals surface area contributed by atoms with Crippen molar-refractivity contribution in [2.75, 3.05) is 0 Å². The van der Waals surface area contributed by atoms with E-state index in [0.29, 0.717) is 23.0 Å². The molecule has 5 heteroatoms. The van der Waals surface area contributed by atoms with Crippen LogP contribution in [0.5, 0.6) is 0 Å². The lowest BCUT2D eigenvalue weighted by Crippen LogP contribution is -2.01. The molecule has 0 fully saturated rings. The van der Waals surface area contributed by atoms with Gasteiger partial charge in [-0.15, -0.1) is 0 Å². The minimum Gasteiger partial charge on any atom is -0.478 e. The van der Waals surface area contributed by atoms with Gasteiger partial charge in [-0.3, -0.25) is 0 Å². The van der Waals surface area contributed by atoms with Gasteiger partial charge in [0.2, 0.25) is 0 Å². The lowest BCUT2D eigenvalue weighted by atomic mass is 10.1. The lowest BCUT2D eigenvalue weighted by molar-refractivity contribution is -0.130. The van der Waals surface area contributed by atoms with Crippen molar-refractivity contribution in [2.24, 2.45) is 0 Å². The molecule has 5 nitrogen and oxygen atoms in total. The number of benzene rings is 3. The Hall–Kier alpha value is -4.12. The minimum atomic E-state index is -1.05. The van der Waals surface area contributed by atoms with Gasteiger partial charge in [-0.2, -0.15) is 0 Å². The summed E-state index contributed by atoms with van der Waals surface area (Å²) in [7, 11) is 0. The van der Waals surface area contributed by atoms with Crippen molar-refractivity contribution in [3.05, 3.63) is 97.1 Å². The fraction of sp³-hybridized carbons (Fsp3) is 0. The first-order valence-corrected chi connectivity index (χ1v) is 9.02. The quantitative estimate of drug-likeness (QED) is 0.496. The second kappa shape index (κ2) is 7.86. The van der Waals surface area contributed by atoms with E-state index in [-0.39, 0.29) is 5.57 Å². The van der Waals surface area contributed by atoms with Gasteiger partial charge >= 0.3 is 5.97 Å². The number of carboxylic acid groups (broad SMARTS) is 1. The van der Waals surface area contributed by atoms with Crippen molar-refractivity contribution in [3.63, 3.8) is 0 Å². The van der Waals surface area contributed by atoms with E-state index in [2.05, 4.69) is 21.5 Å². The van der Waals surface area contributed by atoms with Crippen LogP contribution in [0.2, 0.25) is 0 Å². The van der Waals surface area contributed by atoms with Crippen LogP contribution in [0.4, 0.5) is 0 Å². The van der Waals surface area contributed by atoms with E-state index in [0.717, 1.165) is 16.7 Å². The van der Waals surface area contributed by atoms with Gasteiger partial charge in [0.15, 0.2) is 17.5 Å². The largest absolute Gasteiger partial charge is 0.478 e. The van der Waals surface area contributed by atoms with Crippen molar-refractivity contribution in [3.8, 4) is 34.2 Å². The number of aliphatic carboxylic acids is 1. The zero-order valence-electron chi connectivity index (χ0n) is 15.5. The number of carbonyl (C=O) groups is 1. The Kier molecular flexibility index (Phi) is 4.95. The Balaban J connectivity index is 1.82. The zero-order chi connectivity index (χ0) is 20.2. The van der Waals surface area contributed by atoms with Crippen molar-refractivity contribution >= 4 is 11.5 Å². The van der Waals surface area contributed by atoms with E-state index in [4.69, 9.17) is 5.11 Å². The standard InChI is InChI=1S/C24H17N3O2/c1-16(24(28)29)17-12-14-20(15-13-17)23-26-21(18-8-4-2-5-9-18)25-22(27-23)19-10-6-3-7-11-19/h2-15H,1H2,(H,28,29). The second-order valence-corrected chi connectivity index (χ2v) is 6.40. The van der Waals surface area contributed by atoms with Gasteiger partial charge in [-0.1, -0.05) is 91.5 Å². The van der Waals surface area contributed by atoms with Crippen LogP contribution in [0.25, 0.3) is 39.7 Å². The first-order chi connectivity index (χ1) is 14.1. The maximum absolute atomic E-state index is 11.1. The van der Waals surface area contributed by atoms with Gasteiger partial charge in [0.05, 0.1) is 5.57 Å². The van der Waals surface area contributed by atoms with Crippen LogP contribution < -0.4 is 0 Å². The molecule has 0 unspecified atom stereocenters. The van der Waals surface area contributed by atoms with Gasteiger partial charge in [0, 0.05) is 16.7 Å². The SMILES string of the molecule is C=C(C(=O)O)c1ccc(-c2nc(-c3ccccc3)nc(-c3ccccc3)n2)cc1. The lowest BCUT2D eigenvalue weighted by Gasteiger charge is -2.09. The average molecular weight is 379 g/mol. The second-order valence-electron chi connectivity index (χ2n) is 6.40. The van der Waals surface area contributed by atoms with Crippen LogP contribution in [-0.2, 0) is 4.79 Å². The van der Waals surface area contributed by atoms with E-state index in [1.54, 1.807) is 24.3 Å². The maximum atomic E-state index is 11.1. The van der Waals surface area contributed by atoms with Gasteiger partial charge in [-0.05, 0) is 5.56 Å². The number of carboxylic acids is 1. The maximum Gasteiger partial charge on any atom is 0.335 e. The molecule has 29 heavy (non-hydrogen) atoms. The molecule has 0 saturated carbocycles. The van der Waals surface area contributed by atoms with Crippen LogP contribution in [0.3, 0.4) is 0 Å². The molecule has 0 radical (unpaired) electrons. The van der Waals surface area contributed by atoms with E-state index in [1.807, 2.05) is 60.7 Å². The molecule has 4 rings (SSSR count). The predicted molar refractivity (Wildman–Crippen MR) is 113 cm³/mol. The molecular formula is C24H17N3O2. The molecule has 0 atom stereocenters. The van der Waals surface area contributed by atoms with Gasteiger partial charge < -0.3 is 5.11 Å². The molecule has 0 amide bonds. The number of nitrogens with zero attached hydrogens (tertiary/aromatic N) is 3. The van der Waals surface area contributed by atoms with Crippen LogP contribution >= 0.6 is 0 Å². The molecule has 3 aromatic carbocycles. The predicted octanol–water partition coefficient (Wildman–Crippen LogP) is 4.97. The third kappa shape index (κ3) is 3.94. The molecule has 1 N–H and O–H groups in total. The fourth-order valence-electron chi connectivity index (χ4n) is 2.88. The summed E-state index contributed by atoms with van der Waals surface area (Å²) in [6.45, 7) is 3.59. The number of hydrogen-bond donors (Lipinski definition) is 1. The number of aromatic nitrogens is 3. The first kappa shape index (κ1) is 18.3. The van der Waals surface area contributed by atoms with E-state index < -0.39 is 5.97 Å². The molecule has 0 aliphatic rings. The third-order valence-corrected chi connectivity index (χ3v) is 4.45. The highest BCUT2D eigenvalue weighted by molar-refractivity contribution is 6.14. The van der Waals surface area contributed by atoms with Crippen molar-refractivity contribution in [2.45, 2.75) is 0 Å². The molecule has 0 aliphatic heterocycles. The molecule has 1 aromatic heterocycles. The molecule has 1 heterocycles. The summed E-state index contributed by atoms with van der Waals surface area (Å²) in [5.74, 6) is 0.628. The Labute approximate surface area is 168 Å². The Morgan fingerprint density at radius 1 is 0.621 bits per heavy atom. The topological polar surface area (TPSA) is 76.0 Å². The molecule has 140 valence electrons. The van der Waals surface area contributed by atoms with Gasteiger partial charge in [-0.25, -0.2) is 19.7 Å². The minimum absolute atomic E-state index is 0.0437. The van der Waals surface area contributed by atoms with Crippen LogP contribution in [0, 0.1) is 0 Å². The summed E-state index contributed by atoms with van der Waals surface area (Å²) in [4.78, 5) is 25.1. The highest BCUT2D eigenvalue weighted by Gasteiger charge is 2.13. The Bertz CT molecular complexity index is 1110. The van der Waals surface area contributed by atoms with E-state index in [1.165, 1.54) is 0 Å². The van der Waals surface area contributed by atoms with E-state index in [9.17, 15) is 4.79 Å². The highest BCUT2D eigenvalue weighted by atomic mass is 16.4. The molecule has 4 aromatic rings. The smallest absolute Gasteiger partial charge is 0.335 e. The monoisotopic (exact) mass is 379 g/mol. The summed E-state index contributed by atoms with van der Waals surface area (Å²) < 4.78 is 0. The van der Waals surface area contributed by atoms with Crippen LogP contribution in [-0.4, -0.2) is 26.0 Å². The normalized spacial score (nSPS) is 10.5. The summed E-state index contributed by atoms with van der Waals surface area (Å²) in [5.41, 5.74) is 3.14. The Morgan fingerprint density at radius 2 is 1.00 bits per heavy atom. The van der Waals surface area contributed by atoms with Crippen molar-refractivity contribution in [1.82, 2.24) is 15.0 Å². The van der Waals surface area contributed by atoms with Crippen molar-refractivity contribution in [1.29, 1.82) is 0 Å². The Morgan fingerprint density at radius 3 is 1.38 bits per heavy atom. The summed E-state index contributed by atoms with van der Waals surface area (Å²) in [6.07, 6.45) is 0. The summed E-state index contributed by atoms with van der Waals surface area (Å²) >= 11 is 0. The highest BCUT2D eigenvalue weighted by Crippen LogP contribution is 2.25. The molecule has 0 bridgehead atoms. The third-order valence-electron chi connectivity index (χ3n) is 4.45. The summed E-state index contributed by atoms with van der Waals surface area (Å²) in [5, 5.41) is 9.11. The van der Waals surface area contributed by atoms with Crippen LogP contribution in [0.15, 0.2) is 91.5 Å². The molecular weight excluding hydrogens is 362 g/mol. The van der Waals surface area contributed by atoms with Crippen LogP contribution in [0.1, 0.15) is 5.56 Å². The number of rotatable bonds is 5. The van der Waals surface area contributed by atoms with Gasteiger partial charge in [0.25, 0.3) is 0 Å². The molecule has 0 saturated heterocycles.